The topological polar surface area (TPSA) is 70.3 Å². The first-order valence-electron chi connectivity index (χ1n) is 10.5. The molecule has 0 saturated heterocycles. The largest absolute Gasteiger partial charge is 0.494 e. The van der Waals surface area contributed by atoms with E-state index in [4.69, 9.17) is 4.74 Å². The third-order valence-electron chi connectivity index (χ3n) is 6.14. The second kappa shape index (κ2) is 9.13. The smallest absolute Gasteiger partial charge is 0.324 e. The van der Waals surface area contributed by atoms with Crippen LogP contribution in [0.2, 0.25) is 0 Å². The summed E-state index contributed by atoms with van der Waals surface area (Å²) in [6.45, 7) is 4.93. The van der Waals surface area contributed by atoms with Crippen LogP contribution in [0, 0.1) is 22.7 Å². The first kappa shape index (κ1) is 20.9. The van der Waals surface area contributed by atoms with Gasteiger partial charge in [0, 0.05) is 5.92 Å². The number of aliphatic carboxylic acids is 1. The molecule has 3 rings (SSSR count). The van der Waals surface area contributed by atoms with Crippen LogP contribution in [0.3, 0.4) is 0 Å². The minimum Gasteiger partial charge on any atom is -0.494 e. The number of benzene rings is 2. The summed E-state index contributed by atoms with van der Waals surface area (Å²) in [5, 5.41) is 19.6. The Morgan fingerprint density at radius 3 is 2.34 bits per heavy atom. The summed E-state index contributed by atoms with van der Waals surface area (Å²) >= 11 is 0. The van der Waals surface area contributed by atoms with Crippen molar-refractivity contribution in [2.24, 2.45) is 11.3 Å². The lowest BCUT2D eigenvalue weighted by atomic mass is 9.60. The molecule has 1 saturated carbocycles. The fraction of sp³-hybridized carbons (Fsp3) is 0.440. The van der Waals surface area contributed by atoms with Gasteiger partial charge in [-0.25, -0.2) is 0 Å². The molecule has 1 aliphatic rings. The van der Waals surface area contributed by atoms with E-state index < -0.39 is 11.4 Å². The molecule has 3 unspecified atom stereocenters. The molecule has 0 spiro atoms. The van der Waals surface area contributed by atoms with Gasteiger partial charge in [-0.3, -0.25) is 4.79 Å². The number of unbranched alkanes of at least 4 members (excludes halogenated alkanes) is 1. The molecule has 0 amide bonds. The molecule has 4 heteroatoms. The zero-order chi connectivity index (χ0) is 20.9. The van der Waals surface area contributed by atoms with E-state index >= 15 is 0 Å². The summed E-state index contributed by atoms with van der Waals surface area (Å²) < 4.78 is 5.72. The van der Waals surface area contributed by atoms with Crippen molar-refractivity contribution in [3.8, 4) is 22.9 Å². The lowest BCUT2D eigenvalue weighted by molar-refractivity contribution is -0.149. The van der Waals surface area contributed by atoms with Crippen molar-refractivity contribution in [1.29, 1.82) is 5.26 Å². The van der Waals surface area contributed by atoms with E-state index in [9.17, 15) is 15.2 Å². The summed E-state index contributed by atoms with van der Waals surface area (Å²) in [4.78, 5) is 12.0. The number of hydrogen-bond acceptors (Lipinski definition) is 3. The lowest BCUT2D eigenvalue weighted by Crippen LogP contribution is -2.42. The Morgan fingerprint density at radius 1 is 1.17 bits per heavy atom. The van der Waals surface area contributed by atoms with Crippen molar-refractivity contribution < 1.29 is 14.6 Å². The zero-order valence-electron chi connectivity index (χ0n) is 17.2. The van der Waals surface area contributed by atoms with E-state index in [1.165, 1.54) is 0 Å². The summed E-state index contributed by atoms with van der Waals surface area (Å²) in [7, 11) is 0. The number of rotatable bonds is 7. The van der Waals surface area contributed by atoms with Crippen LogP contribution in [0.25, 0.3) is 11.1 Å². The van der Waals surface area contributed by atoms with Gasteiger partial charge in [-0.2, -0.15) is 5.26 Å². The van der Waals surface area contributed by atoms with Crippen LogP contribution in [0.15, 0.2) is 48.5 Å². The second-order valence-electron chi connectivity index (χ2n) is 8.08. The molecule has 1 aliphatic carbocycles. The second-order valence-corrected chi connectivity index (χ2v) is 8.08. The van der Waals surface area contributed by atoms with Gasteiger partial charge in [0.15, 0.2) is 5.41 Å². The molecular formula is C25H29NO3. The van der Waals surface area contributed by atoms with Crippen molar-refractivity contribution >= 4 is 5.97 Å². The predicted octanol–water partition coefficient (Wildman–Crippen LogP) is 6.03. The Balaban J connectivity index is 1.82. The third kappa shape index (κ3) is 4.29. The highest BCUT2D eigenvalue weighted by molar-refractivity contribution is 5.80. The van der Waals surface area contributed by atoms with Crippen LogP contribution >= 0.6 is 0 Å². The summed E-state index contributed by atoms with van der Waals surface area (Å²) in [5.74, 6) is -0.263. The van der Waals surface area contributed by atoms with E-state index in [0.29, 0.717) is 6.42 Å². The SMILES string of the molecule is CCCCOc1ccc(-c2ccc(C3C(C)CCCC3(C#N)C(=O)O)cc2)cc1. The van der Waals surface area contributed by atoms with Crippen LogP contribution in [0.5, 0.6) is 5.75 Å². The molecule has 3 atom stereocenters. The molecule has 0 aliphatic heterocycles. The van der Waals surface area contributed by atoms with Gasteiger partial charge in [0.25, 0.3) is 0 Å². The van der Waals surface area contributed by atoms with Crippen LogP contribution in [0.1, 0.15) is 57.4 Å². The van der Waals surface area contributed by atoms with E-state index in [1.54, 1.807) is 0 Å². The molecule has 152 valence electrons. The Hall–Kier alpha value is -2.80. The predicted molar refractivity (Wildman–Crippen MR) is 114 cm³/mol. The van der Waals surface area contributed by atoms with Gasteiger partial charge < -0.3 is 9.84 Å². The standard InChI is InChI=1S/C25H29NO3/c1-3-4-16-29-22-13-11-20(12-14-22)19-7-9-21(10-8-19)23-18(2)6-5-15-25(23,17-26)24(27)28/h7-14,18,23H,3-6,15-16H2,1-2H3,(H,27,28). The van der Waals surface area contributed by atoms with E-state index in [1.807, 2.05) is 48.5 Å². The maximum atomic E-state index is 12.0. The van der Waals surface area contributed by atoms with Gasteiger partial charge in [0.05, 0.1) is 12.7 Å². The average molecular weight is 392 g/mol. The summed E-state index contributed by atoms with van der Waals surface area (Å²) in [6, 6.07) is 18.2. The first-order chi connectivity index (χ1) is 14.0. The molecule has 4 nitrogen and oxygen atoms in total. The van der Waals surface area contributed by atoms with Crippen LogP contribution in [0.4, 0.5) is 0 Å². The van der Waals surface area contributed by atoms with Crippen molar-refractivity contribution in [2.45, 2.75) is 51.9 Å². The van der Waals surface area contributed by atoms with Crippen LogP contribution < -0.4 is 4.74 Å². The van der Waals surface area contributed by atoms with Gasteiger partial charge in [-0.1, -0.05) is 63.1 Å². The highest BCUT2D eigenvalue weighted by atomic mass is 16.5. The summed E-state index contributed by atoms with van der Waals surface area (Å²) in [6.07, 6.45) is 4.29. The number of nitriles is 1. The Labute approximate surface area is 173 Å². The van der Waals surface area contributed by atoms with Gasteiger partial charge in [-0.15, -0.1) is 0 Å². The maximum absolute atomic E-state index is 12.0. The van der Waals surface area contributed by atoms with Crippen molar-refractivity contribution in [3.63, 3.8) is 0 Å². The number of nitrogens with zero attached hydrogens (tertiary/aromatic N) is 1. The minimum atomic E-state index is -1.34. The van der Waals surface area contributed by atoms with Gasteiger partial charge >= 0.3 is 5.97 Å². The molecule has 1 N–H and O–H groups in total. The van der Waals surface area contributed by atoms with Gasteiger partial charge in [0.2, 0.25) is 0 Å². The number of hydrogen-bond donors (Lipinski definition) is 1. The maximum Gasteiger partial charge on any atom is 0.324 e. The highest BCUT2D eigenvalue weighted by Crippen LogP contribution is 2.50. The number of ether oxygens (including phenoxy) is 1. The Morgan fingerprint density at radius 2 is 1.79 bits per heavy atom. The molecule has 2 aromatic carbocycles. The fourth-order valence-corrected chi connectivity index (χ4v) is 4.50. The highest BCUT2D eigenvalue weighted by Gasteiger charge is 2.51. The Bertz CT molecular complexity index is 866. The lowest BCUT2D eigenvalue weighted by Gasteiger charge is -2.40. The van der Waals surface area contributed by atoms with Crippen LogP contribution in [-0.4, -0.2) is 17.7 Å². The molecular weight excluding hydrogens is 362 g/mol. The van der Waals surface area contributed by atoms with E-state index in [2.05, 4.69) is 19.9 Å². The number of carbonyl (C=O) groups is 1. The minimum absolute atomic E-state index is 0.157. The van der Waals surface area contributed by atoms with Crippen LogP contribution in [-0.2, 0) is 4.79 Å². The first-order valence-corrected chi connectivity index (χ1v) is 10.5. The molecule has 0 aromatic heterocycles. The quantitative estimate of drug-likeness (QED) is 0.585. The van der Waals surface area contributed by atoms with Crippen molar-refractivity contribution in [2.75, 3.05) is 6.61 Å². The monoisotopic (exact) mass is 391 g/mol. The molecule has 0 heterocycles. The van der Waals surface area contributed by atoms with Crippen molar-refractivity contribution in [3.05, 3.63) is 54.1 Å². The summed E-state index contributed by atoms with van der Waals surface area (Å²) in [5.41, 5.74) is 1.75. The molecule has 0 bridgehead atoms. The fourth-order valence-electron chi connectivity index (χ4n) is 4.50. The molecule has 1 fully saturated rings. The zero-order valence-corrected chi connectivity index (χ0v) is 17.2. The van der Waals surface area contributed by atoms with Crippen molar-refractivity contribution in [1.82, 2.24) is 0 Å². The molecule has 29 heavy (non-hydrogen) atoms. The Kier molecular flexibility index (Phi) is 6.59. The van der Waals surface area contributed by atoms with E-state index in [0.717, 1.165) is 54.7 Å². The van der Waals surface area contributed by atoms with Gasteiger partial charge in [-0.05, 0) is 54.0 Å². The molecule has 2 aromatic rings. The third-order valence-corrected chi connectivity index (χ3v) is 6.14. The normalized spacial score (nSPS) is 23.9. The molecule has 0 radical (unpaired) electrons. The number of carboxylic acid groups (broad SMARTS) is 1. The van der Waals surface area contributed by atoms with E-state index in [-0.39, 0.29) is 11.8 Å². The van der Waals surface area contributed by atoms with Gasteiger partial charge in [0.1, 0.15) is 5.75 Å². The number of carboxylic acids is 1. The average Bonchev–Trinajstić information content (AvgIpc) is 2.74.